The highest BCUT2D eigenvalue weighted by Gasteiger charge is 2.18. The Morgan fingerprint density at radius 2 is 2.21 bits per heavy atom. The molecule has 0 fully saturated rings. The van der Waals surface area contributed by atoms with Gasteiger partial charge in [0, 0.05) is 0 Å². The van der Waals surface area contributed by atoms with Crippen molar-refractivity contribution in [2.45, 2.75) is 38.9 Å². The zero-order valence-corrected chi connectivity index (χ0v) is 9.50. The van der Waals surface area contributed by atoms with Crippen molar-refractivity contribution >= 4 is 11.1 Å². The summed E-state index contributed by atoms with van der Waals surface area (Å²) in [6, 6.07) is 0. The number of hydrogen-bond acceptors (Lipinski definition) is 2. The first-order chi connectivity index (χ1) is 6.38. The second-order valence-corrected chi connectivity index (χ2v) is 5.19. The van der Waals surface area contributed by atoms with Gasteiger partial charge in [0.15, 0.2) is 11.1 Å². The van der Waals surface area contributed by atoms with Crippen molar-refractivity contribution in [1.82, 2.24) is 0 Å². The molecule has 0 saturated carbocycles. The van der Waals surface area contributed by atoms with E-state index in [2.05, 4.69) is 0 Å². The minimum absolute atomic E-state index is 0.0160. The van der Waals surface area contributed by atoms with Crippen molar-refractivity contribution in [3.05, 3.63) is 23.1 Å². The summed E-state index contributed by atoms with van der Waals surface area (Å²) in [5, 5.41) is 0. The van der Waals surface area contributed by atoms with E-state index in [4.69, 9.17) is 9.29 Å². The fourth-order valence-electron chi connectivity index (χ4n) is 1.25. The van der Waals surface area contributed by atoms with E-state index in [1.807, 2.05) is 26.8 Å². The number of rotatable bonds is 2. The van der Waals surface area contributed by atoms with Crippen molar-refractivity contribution in [2.75, 3.05) is 0 Å². The third-order valence-corrected chi connectivity index (χ3v) is 2.44. The molecule has 0 aromatic heterocycles. The zero-order valence-electron chi connectivity index (χ0n) is 8.69. The van der Waals surface area contributed by atoms with E-state index >= 15 is 0 Å². The molecule has 80 valence electrons. The summed E-state index contributed by atoms with van der Waals surface area (Å²) in [7, 11) is 0. The lowest BCUT2D eigenvalue weighted by molar-refractivity contribution is -0.0368. The number of allylic oxidation sites excluding steroid dienone is 1. The maximum Gasteiger partial charge on any atom is 0.186 e. The fourth-order valence-corrected chi connectivity index (χ4v) is 1.69. The molecule has 0 aromatic rings. The average Bonchev–Trinajstić information content (AvgIpc) is 2.02. The standard InChI is InChI=1S/C10H16O3S/c1-10(2,3)13-8-4-6-9(7-5-8)14(11)12/h4,6-8H,5H2,1-3H3,(H,11,12). The molecule has 2 unspecified atom stereocenters. The van der Waals surface area contributed by atoms with Crippen LogP contribution in [0.15, 0.2) is 23.1 Å². The van der Waals surface area contributed by atoms with Gasteiger partial charge in [0.2, 0.25) is 0 Å². The highest BCUT2D eigenvalue weighted by molar-refractivity contribution is 7.83. The van der Waals surface area contributed by atoms with E-state index in [0.717, 1.165) is 0 Å². The normalized spacial score (nSPS) is 24.6. The van der Waals surface area contributed by atoms with Gasteiger partial charge in [-0.2, -0.15) is 0 Å². The third-order valence-electron chi connectivity index (χ3n) is 1.73. The van der Waals surface area contributed by atoms with Gasteiger partial charge in [-0.1, -0.05) is 12.2 Å². The molecule has 0 saturated heterocycles. The van der Waals surface area contributed by atoms with Gasteiger partial charge in [0.05, 0.1) is 16.6 Å². The average molecular weight is 216 g/mol. The van der Waals surface area contributed by atoms with Crippen LogP contribution in [0.2, 0.25) is 0 Å². The minimum Gasteiger partial charge on any atom is -0.368 e. The molecule has 0 bridgehead atoms. The van der Waals surface area contributed by atoms with Crippen LogP contribution >= 0.6 is 0 Å². The Morgan fingerprint density at radius 1 is 1.57 bits per heavy atom. The summed E-state index contributed by atoms with van der Waals surface area (Å²) in [6.07, 6.45) is 5.90. The van der Waals surface area contributed by atoms with Crippen LogP contribution in [0.5, 0.6) is 0 Å². The van der Waals surface area contributed by atoms with Gasteiger partial charge < -0.3 is 9.29 Å². The van der Waals surface area contributed by atoms with Crippen LogP contribution in [-0.2, 0) is 15.8 Å². The molecule has 0 amide bonds. The van der Waals surface area contributed by atoms with Crippen LogP contribution in [0, 0.1) is 0 Å². The quantitative estimate of drug-likeness (QED) is 0.720. The Balaban J connectivity index is 2.53. The monoisotopic (exact) mass is 216 g/mol. The van der Waals surface area contributed by atoms with Crippen molar-refractivity contribution in [3.63, 3.8) is 0 Å². The first-order valence-corrected chi connectivity index (χ1v) is 5.66. The molecule has 3 nitrogen and oxygen atoms in total. The van der Waals surface area contributed by atoms with Crippen molar-refractivity contribution < 1.29 is 13.5 Å². The number of hydrogen-bond donors (Lipinski definition) is 1. The Morgan fingerprint density at radius 3 is 2.57 bits per heavy atom. The van der Waals surface area contributed by atoms with Gasteiger partial charge in [0.25, 0.3) is 0 Å². The van der Waals surface area contributed by atoms with Crippen LogP contribution < -0.4 is 0 Å². The molecule has 0 spiro atoms. The summed E-state index contributed by atoms with van der Waals surface area (Å²) >= 11 is -1.87. The molecule has 0 radical (unpaired) electrons. The third kappa shape index (κ3) is 3.74. The maximum absolute atomic E-state index is 10.7. The lowest BCUT2D eigenvalue weighted by Crippen LogP contribution is -2.26. The largest absolute Gasteiger partial charge is 0.368 e. The lowest BCUT2D eigenvalue weighted by Gasteiger charge is -2.26. The molecule has 1 aliphatic rings. The molecular weight excluding hydrogens is 200 g/mol. The molecule has 1 rings (SSSR count). The summed E-state index contributed by atoms with van der Waals surface area (Å²) in [6.45, 7) is 5.97. The number of ether oxygens (including phenoxy) is 1. The Labute approximate surface area is 87.1 Å². The predicted octanol–water partition coefficient (Wildman–Crippen LogP) is 2.24. The Hall–Kier alpha value is -0.450. The molecule has 1 N–H and O–H groups in total. The molecule has 1 aliphatic carbocycles. The van der Waals surface area contributed by atoms with Crippen LogP contribution in [0.4, 0.5) is 0 Å². The summed E-state index contributed by atoms with van der Waals surface area (Å²) in [5.74, 6) is 0. The van der Waals surface area contributed by atoms with E-state index in [0.29, 0.717) is 11.3 Å². The highest BCUT2D eigenvalue weighted by Crippen LogP contribution is 2.20. The van der Waals surface area contributed by atoms with Crippen molar-refractivity contribution in [1.29, 1.82) is 0 Å². The summed E-state index contributed by atoms with van der Waals surface area (Å²) < 4.78 is 25.2. The van der Waals surface area contributed by atoms with Gasteiger partial charge in [-0.05, 0) is 33.3 Å². The first-order valence-electron chi connectivity index (χ1n) is 4.55. The van der Waals surface area contributed by atoms with E-state index in [1.54, 1.807) is 12.2 Å². The minimum atomic E-state index is -1.87. The second-order valence-electron chi connectivity index (χ2n) is 4.22. The summed E-state index contributed by atoms with van der Waals surface area (Å²) in [5.41, 5.74) is -0.182. The van der Waals surface area contributed by atoms with Gasteiger partial charge >= 0.3 is 0 Å². The fraction of sp³-hybridized carbons (Fsp3) is 0.600. The van der Waals surface area contributed by atoms with Crippen LogP contribution in [0.25, 0.3) is 0 Å². The predicted molar refractivity (Wildman–Crippen MR) is 57.2 cm³/mol. The zero-order chi connectivity index (χ0) is 10.8. The summed E-state index contributed by atoms with van der Waals surface area (Å²) in [4.78, 5) is 0.457. The Bertz CT molecular complexity index is 286. The van der Waals surface area contributed by atoms with Crippen molar-refractivity contribution in [3.8, 4) is 0 Å². The molecular formula is C10H16O3S. The Kier molecular flexibility index (Phi) is 3.64. The van der Waals surface area contributed by atoms with Gasteiger partial charge in [-0.25, -0.2) is 4.21 Å². The molecule has 4 heteroatoms. The van der Waals surface area contributed by atoms with Crippen LogP contribution in [0.3, 0.4) is 0 Å². The molecule has 14 heavy (non-hydrogen) atoms. The van der Waals surface area contributed by atoms with E-state index in [-0.39, 0.29) is 11.7 Å². The topological polar surface area (TPSA) is 46.5 Å². The molecule has 0 aromatic carbocycles. The first kappa shape index (κ1) is 11.6. The van der Waals surface area contributed by atoms with Crippen LogP contribution in [-0.4, -0.2) is 20.5 Å². The lowest BCUT2D eigenvalue weighted by atomic mass is 10.1. The molecule has 0 aliphatic heterocycles. The van der Waals surface area contributed by atoms with Gasteiger partial charge in [0.1, 0.15) is 0 Å². The van der Waals surface area contributed by atoms with Gasteiger partial charge in [-0.15, -0.1) is 0 Å². The van der Waals surface area contributed by atoms with E-state index in [9.17, 15) is 4.21 Å². The van der Waals surface area contributed by atoms with Crippen molar-refractivity contribution in [2.24, 2.45) is 0 Å². The highest BCUT2D eigenvalue weighted by atomic mass is 32.2. The molecule has 2 atom stereocenters. The van der Waals surface area contributed by atoms with Gasteiger partial charge in [-0.3, -0.25) is 0 Å². The van der Waals surface area contributed by atoms with Crippen LogP contribution in [0.1, 0.15) is 27.2 Å². The molecule has 0 heterocycles. The smallest absolute Gasteiger partial charge is 0.186 e. The van der Waals surface area contributed by atoms with E-state index in [1.165, 1.54) is 0 Å². The van der Waals surface area contributed by atoms with E-state index < -0.39 is 11.1 Å². The SMILES string of the molecule is CC(C)(C)OC1C=CC(S(=O)O)=CC1. The maximum atomic E-state index is 10.7. The second kappa shape index (κ2) is 4.38.